The summed E-state index contributed by atoms with van der Waals surface area (Å²) in [5.74, 6) is 0.790. The Labute approximate surface area is 125 Å². The molecule has 0 aliphatic heterocycles. The van der Waals surface area contributed by atoms with Crippen LogP contribution >= 0.6 is 11.8 Å². The number of benzene rings is 1. The molecule has 1 amide bonds. The number of thioether (sulfide) groups is 1. The highest BCUT2D eigenvalue weighted by Gasteiger charge is 2.11. The maximum absolute atomic E-state index is 11.9. The SMILES string of the molecule is Cc1cc(NC(=O)CSc2nc3ccccc3o2)n(C)n1. The van der Waals surface area contributed by atoms with Gasteiger partial charge in [0.15, 0.2) is 5.58 Å². The number of hydrogen-bond acceptors (Lipinski definition) is 5. The standard InChI is InChI=1S/C14H14N4O2S/c1-9-7-12(18(2)17-9)16-13(19)8-21-14-15-10-5-3-4-6-11(10)20-14/h3-7H,8H2,1-2H3,(H,16,19). The van der Waals surface area contributed by atoms with Crippen molar-refractivity contribution < 1.29 is 9.21 Å². The molecule has 108 valence electrons. The van der Waals surface area contributed by atoms with E-state index in [4.69, 9.17) is 4.42 Å². The molecule has 3 aromatic rings. The second-order valence-corrected chi connectivity index (χ2v) is 5.51. The van der Waals surface area contributed by atoms with Gasteiger partial charge >= 0.3 is 0 Å². The molecule has 0 saturated heterocycles. The van der Waals surface area contributed by atoms with Crippen LogP contribution in [0.3, 0.4) is 0 Å². The van der Waals surface area contributed by atoms with Gasteiger partial charge in [-0.1, -0.05) is 23.9 Å². The molecular weight excluding hydrogens is 288 g/mol. The molecule has 1 N–H and O–H groups in total. The summed E-state index contributed by atoms with van der Waals surface area (Å²) >= 11 is 1.27. The van der Waals surface area contributed by atoms with Crippen molar-refractivity contribution >= 4 is 34.6 Å². The second-order valence-electron chi connectivity index (χ2n) is 4.58. The molecule has 0 aliphatic rings. The third-order valence-electron chi connectivity index (χ3n) is 2.87. The van der Waals surface area contributed by atoms with Crippen LogP contribution in [0.4, 0.5) is 5.82 Å². The number of fused-ring (bicyclic) bond motifs is 1. The molecule has 0 fully saturated rings. The fourth-order valence-electron chi connectivity index (χ4n) is 1.95. The van der Waals surface area contributed by atoms with Crippen LogP contribution in [0.15, 0.2) is 40.0 Å². The number of anilines is 1. The molecule has 0 bridgehead atoms. The predicted molar refractivity (Wildman–Crippen MR) is 81.3 cm³/mol. The lowest BCUT2D eigenvalue weighted by atomic mass is 10.3. The van der Waals surface area contributed by atoms with E-state index in [2.05, 4.69) is 15.4 Å². The first kappa shape index (κ1) is 13.7. The lowest BCUT2D eigenvalue weighted by Crippen LogP contribution is -2.16. The molecule has 1 aromatic carbocycles. The van der Waals surface area contributed by atoms with Gasteiger partial charge in [0.25, 0.3) is 5.22 Å². The van der Waals surface area contributed by atoms with Gasteiger partial charge in [-0.2, -0.15) is 5.10 Å². The van der Waals surface area contributed by atoms with Crippen molar-refractivity contribution in [3.05, 3.63) is 36.0 Å². The van der Waals surface area contributed by atoms with Crippen molar-refractivity contribution in [3.63, 3.8) is 0 Å². The van der Waals surface area contributed by atoms with E-state index >= 15 is 0 Å². The Morgan fingerprint density at radius 1 is 1.43 bits per heavy atom. The zero-order chi connectivity index (χ0) is 14.8. The van der Waals surface area contributed by atoms with Crippen molar-refractivity contribution in [2.45, 2.75) is 12.1 Å². The largest absolute Gasteiger partial charge is 0.431 e. The van der Waals surface area contributed by atoms with Crippen LogP contribution in [-0.2, 0) is 11.8 Å². The normalized spacial score (nSPS) is 11.0. The van der Waals surface area contributed by atoms with Gasteiger partial charge in [0, 0.05) is 13.1 Å². The molecule has 0 atom stereocenters. The highest BCUT2D eigenvalue weighted by molar-refractivity contribution is 7.99. The second kappa shape index (κ2) is 5.61. The summed E-state index contributed by atoms with van der Waals surface area (Å²) in [6.45, 7) is 1.88. The lowest BCUT2D eigenvalue weighted by Gasteiger charge is -2.03. The molecule has 0 saturated carbocycles. The molecule has 0 aliphatic carbocycles. The predicted octanol–water partition coefficient (Wildman–Crippen LogP) is 2.60. The fraction of sp³-hybridized carbons (Fsp3) is 0.214. The Balaban J connectivity index is 1.61. The highest BCUT2D eigenvalue weighted by Crippen LogP contribution is 2.23. The lowest BCUT2D eigenvalue weighted by molar-refractivity contribution is -0.113. The van der Waals surface area contributed by atoms with Crippen molar-refractivity contribution in [2.75, 3.05) is 11.1 Å². The molecule has 0 radical (unpaired) electrons. The van der Waals surface area contributed by atoms with Crippen LogP contribution in [0.1, 0.15) is 5.69 Å². The summed E-state index contributed by atoms with van der Waals surface area (Å²) in [7, 11) is 1.79. The number of amides is 1. The van der Waals surface area contributed by atoms with Crippen LogP contribution < -0.4 is 5.32 Å². The monoisotopic (exact) mass is 302 g/mol. The van der Waals surface area contributed by atoms with Crippen LogP contribution in [0.5, 0.6) is 0 Å². The van der Waals surface area contributed by atoms with Gasteiger partial charge < -0.3 is 9.73 Å². The van der Waals surface area contributed by atoms with Gasteiger partial charge in [-0.25, -0.2) is 4.98 Å². The Bertz CT molecular complexity index is 760. The van der Waals surface area contributed by atoms with Gasteiger partial charge in [-0.05, 0) is 19.1 Å². The van der Waals surface area contributed by atoms with Crippen LogP contribution in [0.2, 0.25) is 0 Å². The number of aryl methyl sites for hydroxylation is 2. The van der Waals surface area contributed by atoms with E-state index in [-0.39, 0.29) is 11.7 Å². The number of nitrogens with zero attached hydrogens (tertiary/aromatic N) is 3. The van der Waals surface area contributed by atoms with E-state index in [0.29, 0.717) is 11.0 Å². The van der Waals surface area contributed by atoms with E-state index in [1.807, 2.05) is 37.3 Å². The number of carbonyl (C=O) groups is 1. The number of rotatable bonds is 4. The third kappa shape index (κ3) is 3.08. The summed E-state index contributed by atoms with van der Waals surface area (Å²) in [6.07, 6.45) is 0. The van der Waals surface area contributed by atoms with E-state index in [1.54, 1.807) is 11.7 Å². The molecule has 0 unspecified atom stereocenters. The van der Waals surface area contributed by atoms with E-state index < -0.39 is 0 Å². The van der Waals surface area contributed by atoms with Crippen molar-refractivity contribution in [3.8, 4) is 0 Å². The van der Waals surface area contributed by atoms with Crippen LogP contribution in [0.25, 0.3) is 11.1 Å². The van der Waals surface area contributed by atoms with Gasteiger partial charge in [0.05, 0.1) is 11.4 Å². The van der Waals surface area contributed by atoms with Gasteiger partial charge in [-0.15, -0.1) is 0 Å². The first-order valence-corrected chi connectivity index (χ1v) is 7.39. The number of aromatic nitrogens is 3. The van der Waals surface area contributed by atoms with Gasteiger partial charge in [0.2, 0.25) is 5.91 Å². The molecule has 3 rings (SSSR count). The van der Waals surface area contributed by atoms with Crippen molar-refractivity contribution in [1.82, 2.24) is 14.8 Å². The van der Waals surface area contributed by atoms with Crippen molar-refractivity contribution in [2.24, 2.45) is 7.05 Å². The van der Waals surface area contributed by atoms with Crippen LogP contribution in [0, 0.1) is 6.92 Å². The highest BCUT2D eigenvalue weighted by atomic mass is 32.2. The maximum Gasteiger partial charge on any atom is 0.257 e. The average molecular weight is 302 g/mol. The third-order valence-corrected chi connectivity index (χ3v) is 3.70. The average Bonchev–Trinajstić information content (AvgIpc) is 2.99. The minimum atomic E-state index is -0.120. The number of para-hydroxylation sites is 2. The zero-order valence-corrected chi connectivity index (χ0v) is 12.5. The number of carbonyl (C=O) groups excluding carboxylic acids is 1. The smallest absolute Gasteiger partial charge is 0.257 e. The molecule has 0 spiro atoms. The minimum Gasteiger partial charge on any atom is -0.431 e. The number of nitrogens with one attached hydrogen (secondary N) is 1. The summed E-state index contributed by atoms with van der Waals surface area (Å²) in [5.41, 5.74) is 2.38. The first-order chi connectivity index (χ1) is 10.1. The van der Waals surface area contributed by atoms with E-state index in [1.165, 1.54) is 11.8 Å². The minimum absolute atomic E-state index is 0.120. The topological polar surface area (TPSA) is 73.0 Å². The molecular formula is C14H14N4O2S. The summed E-state index contributed by atoms with van der Waals surface area (Å²) in [4.78, 5) is 16.2. The first-order valence-electron chi connectivity index (χ1n) is 6.41. The Morgan fingerprint density at radius 2 is 2.24 bits per heavy atom. The molecule has 6 nitrogen and oxygen atoms in total. The van der Waals surface area contributed by atoms with E-state index in [9.17, 15) is 4.79 Å². The van der Waals surface area contributed by atoms with Crippen molar-refractivity contribution in [1.29, 1.82) is 0 Å². The Kier molecular flexibility index (Phi) is 3.66. The number of hydrogen-bond donors (Lipinski definition) is 1. The summed E-state index contributed by atoms with van der Waals surface area (Å²) in [6, 6.07) is 9.34. The van der Waals surface area contributed by atoms with Gasteiger partial charge in [-0.3, -0.25) is 9.48 Å². The molecule has 21 heavy (non-hydrogen) atoms. The molecule has 2 heterocycles. The Morgan fingerprint density at radius 3 is 2.95 bits per heavy atom. The molecule has 2 aromatic heterocycles. The maximum atomic E-state index is 11.9. The quantitative estimate of drug-likeness (QED) is 0.750. The fourth-order valence-corrected chi connectivity index (χ4v) is 2.58. The zero-order valence-electron chi connectivity index (χ0n) is 11.7. The van der Waals surface area contributed by atoms with Crippen LogP contribution in [-0.4, -0.2) is 26.4 Å². The molecule has 7 heteroatoms. The summed E-state index contributed by atoms with van der Waals surface area (Å²) < 4.78 is 7.19. The van der Waals surface area contributed by atoms with E-state index in [0.717, 1.165) is 16.8 Å². The summed E-state index contributed by atoms with van der Waals surface area (Å²) in [5, 5.41) is 7.47. The Hall–Kier alpha value is -2.28. The number of oxazole rings is 1. The van der Waals surface area contributed by atoms with Gasteiger partial charge in [0.1, 0.15) is 11.3 Å².